The van der Waals surface area contributed by atoms with Crippen molar-refractivity contribution in [1.82, 2.24) is 4.90 Å². The Hall–Kier alpha value is -3.22. The number of anilines is 1. The molecule has 1 unspecified atom stereocenters. The van der Waals surface area contributed by atoms with Crippen LogP contribution in [0, 0.1) is 0 Å². The van der Waals surface area contributed by atoms with Crippen LogP contribution in [-0.2, 0) is 4.79 Å². The number of amides is 2. The molecule has 0 spiro atoms. The summed E-state index contributed by atoms with van der Waals surface area (Å²) in [4.78, 5) is 27.6. The van der Waals surface area contributed by atoms with Gasteiger partial charge in [-0.3, -0.25) is 9.59 Å². The van der Waals surface area contributed by atoms with Gasteiger partial charge in [-0.1, -0.05) is 0 Å². The van der Waals surface area contributed by atoms with Crippen LogP contribution in [0.5, 0.6) is 17.2 Å². The van der Waals surface area contributed by atoms with E-state index in [2.05, 4.69) is 5.32 Å². The molecule has 2 amide bonds. The minimum atomic E-state index is -0.516. The highest BCUT2D eigenvalue weighted by molar-refractivity contribution is 6.01. The first kappa shape index (κ1) is 21.5. The van der Waals surface area contributed by atoms with Crippen molar-refractivity contribution in [2.45, 2.75) is 38.8 Å². The molecule has 2 aromatic rings. The first-order chi connectivity index (χ1) is 14.4. The third-order valence-electron chi connectivity index (χ3n) is 4.95. The third-order valence-corrected chi connectivity index (χ3v) is 4.95. The van der Waals surface area contributed by atoms with Crippen LogP contribution in [0.25, 0.3) is 0 Å². The molecule has 7 nitrogen and oxygen atoms in total. The molecular formula is C23H28N2O5. The minimum Gasteiger partial charge on any atom is -0.497 e. The predicted molar refractivity (Wildman–Crippen MR) is 114 cm³/mol. The largest absolute Gasteiger partial charge is 0.497 e. The lowest BCUT2D eigenvalue weighted by Crippen LogP contribution is -2.43. The van der Waals surface area contributed by atoms with E-state index in [-0.39, 0.29) is 17.9 Å². The summed E-state index contributed by atoms with van der Waals surface area (Å²) in [6.45, 7) is 4.38. The summed E-state index contributed by atoms with van der Waals surface area (Å²) >= 11 is 0. The van der Waals surface area contributed by atoms with E-state index in [9.17, 15) is 9.59 Å². The molecule has 1 heterocycles. The van der Waals surface area contributed by atoms with Gasteiger partial charge in [-0.05, 0) is 69.2 Å². The summed E-state index contributed by atoms with van der Waals surface area (Å²) in [6.07, 6.45) is 1.39. The number of methoxy groups -OCH3 is 2. The number of carbonyl (C=O) groups excluding carboxylic acids is 2. The Morgan fingerprint density at radius 2 is 1.77 bits per heavy atom. The maximum atomic E-state index is 13.1. The van der Waals surface area contributed by atoms with Crippen LogP contribution in [-0.4, -0.2) is 49.6 Å². The molecule has 160 valence electrons. The van der Waals surface area contributed by atoms with Crippen molar-refractivity contribution in [2.24, 2.45) is 0 Å². The van der Waals surface area contributed by atoms with Crippen LogP contribution in [0.15, 0.2) is 42.5 Å². The second-order valence-electron chi connectivity index (χ2n) is 7.41. The molecule has 0 aliphatic carbocycles. The molecule has 0 bridgehead atoms. The zero-order chi connectivity index (χ0) is 21.7. The lowest BCUT2D eigenvalue weighted by Gasteiger charge is -2.24. The minimum absolute atomic E-state index is 0.00920. The fraction of sp³-hybridized carbons (Fsp3) is 0.391. The molecule has 30 heavy (non-hydrogen) atoms. The normalized spacial score (nSPS) is 15.8. The number of carbonyl (C=O) groups is 2. The highest BCUT2D eigenvalue weighted by Gasteiger charge is 2.35. The van der Waals surface area contributed by atoms with Crippen LogP contribution in [0.1, 0.15) is 37.0 Å². The van der Waals surface area contributed by atoms with E-state index in [1.165, 1.54) is 7.11 Å². The number of nitrogens with zero attached hydrogens (tertiary/aromatic N) is 1. The second-order valence-corrected chi connectivity index (χ2v) is 7.41. The standard InChI is InChI=1S/C23H28N2O5/c1-15(2)30-20-12-7-16(14-21(20)29-4)23(27)25-13-5-6-19(25)22(26)24-17-8-10-18(28-3)11-9-17/h7-12,14-15,19H,5-6,13H2,1-4H3,(H,24,26). The van der Waals surface area contributed by atoms with Crippen molar-refractivity contribution in [3.63, 3.8) is 0 Å². The SMILES string of the molecule is COc1ccc(NC(=O)C2CCCN2C(=O)c2ccc(OC(C)C)c(OC)c2)cc1. The quantitative estimate of drug-likeness (QED) is 0.750. The molecular weight excluding hydrogens is 384 g/mol. The van der Waals surface area contributed by atoms with Gasteiger partial charge < -0.3 is 24.4 Å². The number of likely N-dealkylation sites (tertiary alicyclic amines) is 1. The van der Waals surface area contributed by atoms with Gasteiger partial charge in [0.05, 0.1) is 20.3 Å². The van der Waals surface area contributed by atoms with E-state index in [1.54, 1.807) is 54.5 Å². The number of hydrogen-bond donors (Lipinski definition) is 1. The van der Waals surface area contributed by atoms with Crippen LogP contribution >= 0.6 is 0 Å². The fourth-order valence-electron chi connectivity index (χ4n) is 3.50. The van der Waals surface area contributed by atoms with Gasteiger partial charge in [0, 0.05) is 17.8 Å². The van der Waals surface area contributed by atoms with Gasteiger partial charge in [-0.15, -0.1) is 0 Å². The molecule has 1 N–H and O–H groups in total. The van der Waals surface area contributed by atoms with Crippen molar-refractivity contribution in [1.29, 1.82) is 0 Å². The molecule has 0 aromatic heterocycles. The van der Waals surface area contributed by atoms with Gasteiger partial charge in [0.2, 0.25) is 5.91 Å². The van der Waals surface area contributed by atoms with Gasteiger partial charge >= 0.3 is 0 Å². The summed E-state index contributed by atoms with van der Waals surface area (Å²) in [5.41, 5.74) is 1.13. The lowest BCUT2D eigenvalue weighted by molar-refractivity contribution is -0.119. The molecule has 2 aromatic carbocycles. The monoisotopic (exact) mass is 412 g/mol. The Morgan fingerprint density at radius 1 is 1.03 bits per heavy atom. The van der Waals surface area contributed by atoms with E-state index in [1.807, 2.05) is 13.8 Å². The van der Waals surface area contributed by atoms with Crippen molar-refractivity contribution < 1.29 is 23.8 Å². The summed E-state index contributed by atoms with van der Waals surface area (Å²) in [5, 5.41) is 2.89. The number of benzene rings is 2. The molecule has 7 heteroatoms. The zero-order valence-electron chi connectivity index (χ0n) is 17.8. The van der Waals surface area contributed by atoms with Gasteiger partial charge in [0.1, 0.15) is 11.8 Å². The first-order valence-electron chi connectivity index (χ1n) is 10.0. The Kier molecular flexibility index (Phi) is 6.82. The van der Waals surface area contributed by atoms with Gasteiger partial charge in [-0.25, -0.2) is 0 Å². The van der Waals surface area contributed by atoms with Crippen LogP contribution in [0.3, 0.4) is 0 Å². The van der Waals surface area contributed by atoms with E-state index >= 15 is 0 Å². The van der Waals surface area contributed by atoms with Crippen LogP contribution in [0.4, 0.5) is 5.69 Å². The molecule has 1 aliphatic heterocycles. The molecule has 0 saturated carbocycles. The van der Waals surface area contributed by atoms with E-state index in [0.717, 1.165) is 6.42 Å². The number of hydrogen-bond acceptors (Lipinski definition) is 5. The smallest absolute Gasteiger partial charge is 0.254 e. The zero-order valence-corrected chi connectivity index (χ0v) is 17.8. The van der Waals surface area contributed by atoms with Crippen molar-refractivity contribution in [2.75, 3.05) is 26.1 Å². The predicted octanol–water partition coefficient (Wildman–Crippen LogP) is 3.73. The summed E-state index contributed by atoms with van der Waals surface area (Å²) in [6, 6.07) is 11.7. The molecule has 0 radical (unpaired) electrons. The molecule has 3 rings (SSSR count). The van der Waals surface area contributed by atoms with E-state index in [0.29, 0.717) is 41.5 Å². The average molecular weight is 412 g/mol. The topological polar surface area (TPSA) is 77.1 Å². The Morgan fingerprint density at radius 3 is 2.40 bits per heavy atom. The number of nitrogens with one attached hydrogen (secondary N) is 1. The Bertz CT molecular complexity index is 895. The van der Waals surface area contributed by atoms with Crippen LogP contribution < -0.4 is 19.5 Å². The lowest BCUT2D eigenvalue weighted by atomic mass is 10.1. The molecule has 1 aliphatic rings. The van der Waals surface area contributed by atoms with Crippen molar-refractivity contribution >= 4 is 17.5 Å². The van der Waals surface area contributed by atoms with Crippen molar-refractivity contribution in [3.05, 3.63) is 48.0 Å². The molecule has 1 atom stereocenters. The summed E-state index contributed by atoms with van der Waals surface area (Å²) in [7, 11) is 3.13. The van der Waals surface area contributed by atoms with Crippen LogP contribution in [0.2, 0.25) is 0 Å². The second kappa shape index (κ2) is 9.52. The third kappa shape index (κ3) is 4.84. The Labute approximate surface area is 176 Å². The van der Waals surface area contributed by atoms with Gasteiger partial charge in [0.15, 0.2) is 11.5 Å². The highest BCUT2D eigenvalue weighted by atomic mass is 16.5. The summed E-state index contributed by atoms with van der Waals surface area (Å²) < 4.78 is 16.2. The Balaban J connectivity index is 1.73. The summed E-state index contributed by atoms with van der Waals surface area (Å²) in [5.74, 6) is 1.39. The maximum absolute atomic E-state index is 13.1. The van der Waals surface area contributed by atoms with E-state index in [4.69, 9.17) is 14.2 Å². The number of ether oxygens (including phenoxy) is 3. The average Bonchev–Trinajstić information content (AvgIpc) is 3.23. The number of rotatable bonds is 7. The van der Waals surface area contributed by atoms with Gasteiger partial charge in [0.25, 0.3) is 5.91 Å². The molecule has 1 fully saturated rings. The highest BCUT2D eigenvalue weighted by Crippen LogP contribution is 2.31. The molecule has 1 saturated heterocycles. The van der Waals surface area contributed by atoms with Crippen molar-refractivity contribution in [3.8, 4) is 17.2 Å². The van der Waals surface area contributed by atoms with Gasteiger partial charge in [-0.2, -0.15) is 0 Å². The fourth-order valence-corrected chi connectivity index (χ4v) is 3.50. The first-order valence-corrected chi connectivity index (χ1v) is 10.0. The van der Waals surface area contributed by atoms with E-state index < -0.39 is 6.04 Å². The maximum Gasteiger partial charge on any atom is 0.254 e.